The number of sulfonamides is 1. The smallest absolute Gasteiger partial charge is 0.243 e. The van der Waals surface area contributed by atoms with Crippen molar-refractivity contribution in [2.45, 2.75) is 11.0 Å². The Kier molecular flexibility index (Phi) is 4.88. The van der Waals surface area contributed by atoms with E-state index in [1.165, 1.54) is 0 Å². The molecule has 0 radical (unpaired) electrons. The van der Waals surface area contributed by atoms with Gasteiger partial charge in [0.1, 0.15) is 4.90 Å². The number of aliphatic hydroxyl groups is 2. The summed E-state index contributed by atoms with van der Waals surface area (Å²) in [5, 5.41) is 17.2. The zero-order valence-electron chi connectivity index (χ0n) is 9.10. The molecule has 0 aromatic heterocycles. The lowest BCUT2D eigenvalue weighted by Gasteiger charge is -2.11. The molecule has 0 spiro atoms. The highest BCUT2D eigenvalue weighted by atomic mass is 35.5. The predicted molar refractivity (Wildman–Crippen MR) is 64.1 cm³/mol. The van der Waals surface area contributed by atoms with Crippen LogP contribution in [0.1, 0.15) is 0 Å². The molecule has 9 heteroatoms. The van der Waals surface area contributed by atoms with Gasteiger partial charge in [0.25, 0.3) is 0 Å². The van der Waals surface area contributed by atoms with Crippen molar-refractivity contribution in [3.05, 3.63) is 23.0 Å². The molecule has 0 fully saturated rings. The van der Waals surface area contributed by atoms with Crippen LogP contribution in [0.4, 0.5) is 10.1 Å². The van der Waals surface area contributed by atoms with Gasteiger partial charge in [-0.15, -0.1) is 0 Å². The second-order valence-electron chi connectivity index (χ2n) is 3.50. The molecule has 102 valence electrons. The molecule has 1 aromatic rings. The maximum Gasteiger partial charge on any atom is 0.243 e. The highest BCUT2D eigenvalue weighted by Crippen LogP contribution is 2.25. The first-order valence-corrected chi connectivity index (χ1v) is 6.67. The van der Waals surface area contributed by atoms with Gasteiger partial charge < -0.3 is 15.9 Å². The van der Waals surface area contributed by atoms with Crippen molar-refractivity contribution in [1.82, 2.24) is 4.72 Å². The number of anilines is 1. The van der Waals surface area contributed by atoms with Crippen LogP contribution < -0.4 is 10.5 Å². The van der Waals surface area contributed by atoms with Gasteiger partial charge in [-0.25, -0.2) is 17.5 Å². The summed E-state index contributed by atoms with van der Waals surface area (Å²) >= 11 is 5.48. The molecule has 0 aliphatic heterocycles. The minimum atomic E-state index is -4.20. The average Bonchev–Trinajstić information content (AvgIpc) is 2.30. The van der Waals surface area contributed by atoms with Crippen molar-refractivity contribution in [2.24, 2.45) is 0 Å². The number of nitrogen functional groups attached to an aromatic ring is 1. The first kappa shape index (κ1) is 15.1. The van der Waals surface area contributed by atoms with E-state index in [0.29, 0.717) is 0 Å². The van der Waals surface area contributed by atoms with Gasteiger partial charge in [-0.2, -0.15) is 0 Å². The summed E-state index contributed by atoms with van der Waals surface area (Å²) in [6.07, 6.45) is -1.28. The molecule has 0 bridgehead atoms. The molecule has 0 aliphatic carbocycles. The number of hydrogen-bond donors (Lipinski definition) is 4. The van der Waals surface area contributed by atoms with E-state index in [1.54, 1.807) is 0 Å². The minimum absolute atomic E-state index is 0.00974. The van der Waals surface area contributed by atoms with Gasteiger partial charge in [0.2, 0.25) is 10.0 Å². The topological polar surface area (TPSA) is 113 Å². The summed E-state index contributed by atoms with van der Waals surface area (Å²) in [6, 6.07) is 1.99. The monoisotopic (exact) mass is 298 g/mol. The van der Waals surface area contributed by atoms with Crippen molar-refractivity contribution < 1.29 is 23.0 Å². The third-order valence-corrected chi connectivity index (χ3v) is 3.72. The Bertz CT molecular complexity index is 538. The van der Waals surface area contributed by atoms with Gasteiger partial charge in [0, 0.05) is 12.2 Å². The van der Waals surface area contributed by atoms with Gasteiger partial charge in [-0.05, 0) is 12.1 Å². The number of halogens is 2. The van der Waals surface area contributed by atoms with Crippen molar-refractivity contribution in [3.63, 3.8) is 0 Å². The molecule has 0 saturated heterocycles. The van der Waals surface area contributed by atoms with Crippen molar-refractivity contribution in [2.75, 3.05) is 18.9 Å². The van der Waals surface area contributed by atoms with Crippen molar-refractivity contribution in [1.29, 1.82) is 0 Å². The van der Waals surface area contributed by atoms with E-state index < -0.39 is 45.0 Å². The molecular weight excluding hydrogens is 287 g/mol. The van der Waals surface area contributed by atoms with Crippen LogP contribution in [0, 0.1) is 5.82 Å². The molecule has 0 amide bonds. The normalized spacial score (nSPS) is 13.6. The molecule has 6 nitrogen and oxygen atoms in total. The Morgan fingerprint density at radius 1 is 1.50 bits per heavy atom. The maximum atomic E-state index is 13.6. The lowest BCUT2D eigenvalue weighted by molar-refractivity contribution is 0.0988. The Morgan fingerprint density at radius 3 is 2.67 bits per heavy atom. The molecule has 0 aliphatic rings. The van der Waals surface area contributed by atoms with Crippen molar-refractivity contribution in [3.8, 4) is 0 Å². The fraction of sp³-hybridized carbons (Fsp3) is 0.333. The number of aliphatic hydroxyl groups excluding tert-OH is 2. The number of benzene rings is 1. The van der Waals surface area contributed by atoms with Crippen LogP contribution in [-0.2, 0) is 10.0 Å². The molecule has 1 unspecified atom stereocenters. The first-order valence-electron chi connectivity index (χ1n) is 4.81. The van der Waals surface area contributed by atoms with Crippen LogP contribution in [0.25, 0.3) is 0 Å². The second kappa shape index (κ2) is 5.81. The van der Waals surface area contributed by atoms with E-state index in [1.807, 2.05) is 4.72 Å². The molecule has 0 heterocycles. The largest absolute Gasteiger partial charge is 0.399 e. The van der Waals surface area contributed by atoms with E-state index in [-0.39, 0.29) is 5.69 Å². The Hall–Kier alpha value is -0.930. The summed E-state index contributed by atoms with van der Waals surface area (Å²) in [4.78, 5) is -0.711. The summed E-state index contributed by atoms with van der Waals surface area (Å²) in [7, 11) is -4.20. The van der Waals surface area contributed by atoms with Crippen LogP contribution >= 0.6 is 11.6 Å². The fourth-order valence-electron chi connectivity index (χ4n) is 1.13. The minimum Gasteiger partial charge on any atom is -0.399 e. The fourth-order valence-corrected chi connectivity index (χ4v) is 2.62. The van der Waals surface area contributed by atoms with E-state index in [9.17, 15) is 12.8 Å². The molecule has 18 heavy (non-hydrogen) atoms. The molecule has 5 N–H and O–H groups in total. The number of hydrogen-bond acceptors (Lipinski definition) is 5. The highest BCUT2D eigenvalue weighted by Gasteiger charge is 2.22. The third kappa shape index (κ3) is 3.53. The summed E-state index contributed by atoms with van der Waals surface area (Å²) in [5.41, 5.74) is 5.36. The molecule has 1 aromatic carbocycles. The SMILES string of the molecule is Nc1cc(Cl)c(F)c(S(=O)(=O)NCC(O)CO)c1. The average molecular weight is 299 g/mol. The molecule has 1 atom stereocenters. The van der Waals surface area contributed by atoms with Gasteiger partial charge in [0.15, 0.2) is 5.82 Å². The van der Waals surface area contributed by atoms with Crippen LogP contribution in [0.5, 0.6) is 0 Å². The molecular formula is C9H12ClFN2O4S. The van der Waals surface area contributed by atoms with Crippen molar-refractivity contribution >= 4 is 27.3 Å². The third-order valence-electron chi connectivity index (χ3n) is 2.03. The van der Waals surface area contributed by atoms with Gasteiger partial charge in [-0.3, -0.25) is 0 Å². The van der Waals surface area contributed by atoms with E-state index in [2.05, 4.69) is 0 Å². The molecule has 1 rings (SSSR count). The predicted octanol–water partition coefficient (Wildman–Crippen LogP) is -0.307. The lowest BCUT2D eigenvalue weighted by atomic mass is 10.3. The first-order chi connectivity index (χ1) is 8.27. The lowest BCUT2D eigenvalue weighted by Crippen LogP contribution is -2.34. The highest BCUT2D eigenvalue weighted by molar-refractivity contribution is 7.89. The Labute approximate surface area is 108 Å². The van der Waals surface area contributed by atoms with Gasteiger partial charge in [0.05, 0.1) is 17.7 Å². The number of nitrogens with two attached hydrogens (primary N) is 1. The van der Waals surface area contributed by atoms with E-state index >= 15 is 0 Å². The van der Waals surface area contributed by atoms with Gasteiger partial charge in [-0.1, -0.05) is 11.6 Å². The van der Waals surface area contributed by atoms with Crippen LogP contribution in [0.15, 0.2) is 17.0 Å². The number of rotatable bonds is 5. The standard InChI is InChI=1S/C9H12ClFN2O4S/c10-7-1-5(12)2-8(9(7)11)18(16,17)13-3-6(15)4-14/h1-2,6,13-15H,3-4,12H2. The Balaban J connectivity index is 3.05. The quantitative estimate of drug-likeness (QED) is 0.557. The summed E-state index contributed by atoms with van der Waals surface area (Å²) in [6.45, 7) is -1.08. The maximum absolute atomic E-state index is 13.6. The van der Waals surface area contributed by atoms with Gasteiger partial charge >= 0.3 is 0 Å². The summed E-state index contributed by atoms with van der Waals surface area (Å²) < 4.78 is 38.9. The number of nitrogens with one attached hydrogen (secondary N) is 1. The zero-order chi connectivity index (χ0) is 13.9. The van der Waals surface area contributed by atoms with E-state index in [0.717, 1.165) is 12.1 Å². The van der Waals surface area contributed by atoms with Crippen LogP contribution in [-0.4, -0.2) is 37.9 Å². The second-order valence-corrected chi connectivity index (χ2v) is 5.65. The molecule has 0 saturated carbocycles. The van der Waals surface area contributed by atoms with Crippen LogP contribution in [0.3, 0.4) is 0 Å². The summed E-state index contributed by atoms with van der Waals surface area (Å²) in [5.74, 6) is -1.13. The van der Waals surface area contributed by atoms with Crippen LogP contribution in [0.2, 0.25) is 5.02 Å². The zero-order valence-corrected chi connectivity index (χ0v) is 10.7. The van der Waals surface area contributed by atoms with E-state index in [4.69, 9.17) is 27.5 Å². The Morgan fingerprint density at radius 2 is 2.11 bits per heavy atom.